The third-order valence-electron chi connectivity index (χ3n) is 4.86. The molecule has 0 amide bonds. The Morgan fingerprint density at radius 1 is 1.16 bits per heavy atom. The van der Waals surface area contributed by atoms with E-state index in [0.717, 1.165) is 11.3 Å². The first kappa shape index (κ1) is 11.2. The van der Waals surface area contributed by atoms with Crippen LogP contribution in [0.4, 0.5) is 0 Å². The van der Waals surface area contributed by atoms with Crippen molar-refractivity contribution in [2.24, 2.45) is 11.8 Å². The second-order valence-corrected chi connectivity index (χ2v) is 5.82. The second kappa shape index (κ2) is 3.94. The number of hydrogen-bond acceptors (Lipinski definition) is 2. The highest BCUT2D eigenvalue weighted by Gasteiger charge is 2.64. The van der Waals surface area contributed by atoms with Gasteiger partial charge in [0.1, 0.15) is 0 Å². The van der Waals surface area contributed by atoms with Gasteiger partial charge in [0.25, 0.3) is 0 Å². The first-order valence-corrected chi connectivity index (χ1v) is 7.13. The normalized spacial score (nSPS) is 32.9. The molecular weight excluding hydrogens is 236 g/mol. The van der Waals surface area contributed by atoms with Crippen LogP contribution in [0.3, 0.4) is 0 Å². The van der Waals surface area contributed by atoms with Crippen LogP contribution < -0.4 is 0 Å². The van der Waals surface area contributed by atoms with Crippen LogP contribution in [0.15, 0.2) is 42.7 Å². The fraction of sp³-hybridized carbons (Fsp3) is 0.438. The maximum Gasteiger partial charge on any atom is 0.0960 e. The van der Waals surface area contributed by atoms with Crippen molar-refractivity contribution >= 4 is 0 Å². The highest BCUT2D eigenvalue weighted by atomic mass is 16.3. The van der Waals surface area contributed by atoms with E-state index in [1.165, 1.54) is 25.7 Å². The Morgan fingerprint density at radius 3 is 2.63 bits per heavy atom. The lowest BCUT2D eigenvalue weighted by Crippen LogP contribution is -2.11. The Kier molecular flexibility index (Phi) is 2.33. The molecule has 4 rings (SSSR count). The van der Waals surface area contributed by atoms with Crippen LogP contribution in [0, 0.1) is 11.8 Å². The molecule has 1 aromatic carbocycles. The average Bonchev–Trinajstić information content (AvgIpc) is 2.86. The molecule has 98 valence electrons. The van der Waals surface area contributed by atoms with Gasteiger partial charge in [0, 0.05) is 12.4 Å². The average molecular weight is 254 g/mol. The van der Waals surface area contributed by atoms with E-state index in [1.807, 2.05) is 29.1 Å². The van der Waals surface area contributed by atoms with Gasteiger partial charge in [-0.25, -0.2) is 4.68 Å². The van der Waals surface area contributed by atoms with E-state index in [9.17, 15) is 5.11 Å². The van der Waals surface area contributed by atoms with E-state index in [-0.39, 0.29) is 0 Å². The van der Waals surface area contributed by atoms with Gasteiger partial charge in [-0.3, -0.25) is 0 Å². The minimum atomic E-state index is -0.570. The Balaban J connectivity index is 1.71. The van der Waals surface area contributed by atoms with Crippen molar-refractivity contribution in [3.8, 4) is 5.69 Å². The molecule has 2 saturated carbocycles. The third kappa shape index (κ3) is 1.58. The summed E-state index contributed by atoms with van der Waals surface area (Å²) in [4.78, 5) is 0. The van der Waals surface area contributed by atoms with Gasteiger partial charge in [0.05, 0.1) is 11.3 Å². The number of rotatable bonds is 2. The predicted molar refractivity (Wildman–Crippen MR) is 72.9 cm³/mol. The Labute approximate surface area is 112 Å². The van der Waals surface area contributed by atoms with E-state index < -0.39 is 5.60 Å². The fourth-order valence-electron chi connectivity index (χ4n) is 3.84. The zero-order valence-corrected chi connectivity index (χ0v) is 10.9. The van der Waals surface area contributed by atoms with Crippen LogP contribution in [0.25, 0.3) is 5.69 Å². The summed E-state index contributed by atoms with van der Waals surface area (Å²) in [6.45, 7) is 0. The van der Waals surface area contributed by atoms with Crippen LogP contribution >= 0.6 is 0 Å². The molecule has 2 fully saturated rings. The summed E-state index contributed by atoms with van der Waals surface area (Å²) in [5.74, 6) is 0.961. The monoisotopic (exact) mass is 254 g/mol. The van der Waals surface area contributed by atoms with Gasteiger partial charge >= 0.3 is 0 Å². The van der Waals surface area contributed by atoms with Crippen LogP contribution in [-0.2, 0) is 5.60 Å². The van der Waals surface area contributed by atoms with Crippen molar-refractivity contribution in [3.05, 3.63) is 48.3 Å². The van der Waals surface area contributed by atoms with E-state index in [4.69, 9.17) is 0 Å². The second-order valence-electron chi connectivity index (χ2n) is 5.82. The number of fused-ring (bicyclic) bond motifs is 1. The molecule has 0 aliphatic heterocycles. The SMILES string of the molecule is OC1(c2cccc(-n3cccn3)c2)C2CCCCC21. The summed E-state index contributed by atoms with van der Waals surface area (Å²) in [5.41, 5.74) is 1.52. The highest BCUT2D eigenvalue weighted by molar-refractivity contribution is 5.41. The maximum absolute atomic E-state index is 11.0. The minimum Gasteiger partial charge on any atom is -0.385 e. The molecule has 19 heavy (non-hydrogen) atoms. The smallest absolute Gasteiger partial charge is 0.0960 e. The zero-order valence-electron chi connectivity index (χ0n) is 10.9. The molecule has 0 radical (unpaired) electrons. The van der Waals surface area contributed by atoms with Gasteiger partial charge in [-0.05, 0) is 48.4 Å². The summed E-state index contributed by atoms with van der Waals surface area (Å²) in [6, 6.07) is 10.1. The molecule has 1 heterocycles. The summed E-state index contributed by atoms with van der Waals surface area (Å²) in [5, 5.41) is 15.2. The van der Waals surface area contributed by atoms with Crippen LogP contribution in [0.2, 0.25) is 0 Å². The van der Waals surface area contributed by atoms with E-state index in [2.05, 4.69) is 17.2 Å². The first-order chi connectivity index (χ1) is 9.30. The zero-order chi connectivity index (χ0) is 12.9. The molecule has 1 N–H and O–H groups in total. The summed E-state index contributed by atoms with van der Waals surface area (Å²) < 4.78 is 1.85. The number of hydrogen-bond donors (Lipinski definition) is 1. The molecule has 0 bridgehead atoms. The van der Waals surface area contributed by atoms with Crippen LogP contribution in [0.5, 0.6) is 0 Å². The molecule has 2 aliphatic rings. The van der Waals surface area contributed by atoms with E-state index in [0.29, 0.717) is 11.8 Å². The quantitative estimate of drug-likeness (QED) is 0.895. The summed E-state index contributed by atoms with van der Waals surface area (Å²) in [7, 11) is 0. The third-order valence-corrected chi connectivity index (χ3v) is 4.86. The number of benzene rings is 1. The largest absolute Gasteiger partial charge is 0.385 e. The molecule has 0 saturated heterocycles. The van der Waals surface area contributed by atoms with Crippen molar-refractivity contribution in [2.45, 2.75) is 31.3 Å². The number of aliphatic hydroxyl groups is 1. The molecule has 3 nitrogen and oxygen atoms in total. The fourth-order valence-corrected chi connectivity index (χ4v) is 3.84. The standard InChI is InChI=1S/C16H18N2O/c19-16(14-7-1-2-8-15(14)16)12-5-3-6-13(11-12)18-10-4-9-17-18/h3-6,9-11,14-15,19H,1-2,7-8H2. The number of aromatic nitrogens is 2. The molecule has 3 heteroatoms. The van der Waals surface area contributed by atoms with Crippen molar-refractivity contribution < 1.29 is 5.11 Å². The predicted octanol–water partition coefficient (Wildman–Crippen LogP) is 2.88. The van der Waals surface area contributed by atoms with Crippen molar-refractivity contribution in [2.75, 3.05) is 0 Å². The van der Waals surface area contributed by atoms with Gasteiger partial charge in [-0.15, -0.1) is 0 Å². The summed E-state index contributed by atoms with van der Waals surface area (Å²) in [6.07, 6.45) is 8.59. The lowest BCUT2D eigenvalue weighted by molar-refractivity contribution is 0.118. The van der Waals surface area contributed by atoms with Crippen molar-refractivity contribution in [1.82, 2.24) is 9.78 Å². The Morgan fingerprint density at radius 2 is 1.95 bits per heavy atom. The topological polar surface area (TPSA) is 38.0 Å². The molecule has 2 aromatic rings. The number of nitrogens with zero attached hydrogens (tertiary/aromatic N) is 2. The Hall–Kier alpha value is -1.61. The van der Waals surface area contributed by atoms with Crippen molar-refractivity contribution in [3.63, 3.8) is 0 Å². The minimum absolute atomic E-state index is 0.481. The van der Waals surface area contributed by atoms with Crippen molar-refractivity contribution in [1.29, 1.82) is 0 Å². The molecule has 2 unspecified atom stereocenters. The van der Waals surface area contributed by atoms with Gasteiger partial charge in [0.15, 0.2) is 0 Å². The van der Waals surface area contributed by atoms with Gasteiger partial charge in [-0.1, -0.05) is 25.0 Å². The van der Waals surface area contributed by atoms with E-state index in [1.54, 1.807) is 6.20 Å². The highest BCUT2D eigenvalue weighted by Crippen LogP contribution is 2.64. The molecular formula is C16H18N2O. The lowest BCUT2D eigenvalue weighted by Gasteiger charge is -2.13. The van der Waals surface area contributed by atoms with E-state index >= 15 is 0 Å². The first-order valence-electron chi connectivity index (χ1n) is 7.13. The van der Waals surface area contributed by atoms with Crippen LogP contribution in [0.1, 0.15) is 31.2 Å². The van der Waals surface area contributed by atoms with Gasteiger partial charge in [0.2, 0.25) is 0 Å². The van der Waals surface area contributed by atoms with Gasteiger partial charge < -0.3 is 5.11 Å². The molecule has 2 atom stereocenters. The molecule has 2 aliphatic carbocycles. The molecule has 0 spiro atoms. The maximum atomic E-state index is 11.0. The lowest BCUT2D eigenvalue weighted by atomic mass is 10.0. The van der Waals surface area contributed by atoms with Crippen LogP contribution in [-0.4, -0.2) is 14.9 Å². The Bertz CT molecular complexity index is 579. The summed E-state index contributed by atoms with van der Waals surface area (Å²) >= 11 is 0. The molecule has 1 aromatic heterocycles. The van der Waals surface area contributed by atoms with Gasteiger partial charge in [-0.2, -0.15) is 5.10 Å².